The Morgan fingerprint density at radius 3 is 2.57 bits per heavy atom. The van der Waals surface area contributed by atoms with Crippen molar-refractivity contribution in [2.45, 2.75) is 25.0 Å². The third-order valence-corrected chi connectivity index (χ3v) is 4.82. The molecule has 2 atom stereocenters. The van der Waals surface area contributed by atoms with E-state index in [-0.39, 0.29) is 18.1 Å². The normalized spacial score (nSPS) is 24.0. The number of methoxy groups -OCH3 is 1. The summed E-state index contributed by atoms with van der Waals surface area (Å²) in [6.07, 6.45) is 2.25. The van der Waals surface area contributed by atoms with E-state index in [4.69, 9.17) is 4.74 Å². The first-order valence-corrected chi connectivity index (χ1v) is 8.08. The van der Waals surface area contributed by atoms with Gasteiger partial charge in [-0.1, -0.05) is 42.5 Å². The Hall–Kier alpha value is -2.33. The number of fused-ring (bicyclic) bond motifs is 1. The van der Waals surface area contributed by atoms with Crippen molar-refractivity contribution in [2.24, 2.45) is 0 Å². The lowest BCUT2D eigenvalue weighted by Gasteiger charge is -2.25. The van der Waals surface area contributed by atoms with Crippen LogP contribution in [0.4, 0.5) is 5.69 Å². The van der Waals surface area contributed by atoms with Crippen molar-refractivity contribution in [2.75, 3.05) is 18.6 Å². The van der Waals surface area contributed by atoms with Crippen molar-refractivity contribution in [3.05, 3.63) is 60.2 Å². The van der Waals surface area contributed by atoms with Crippen LogP contribution in [-0.4, -0.2) is 30.6 Å². The van der Waals surface area contributed by atoms with Crippen molar-refractivity contribution >= 4 is 11.6 Å². The number of rotatable bonds is 3. The zero-order valence-electron chi connectivity index (χ0n) is 13.2. The lowest BCUT2D eigenvalue weighted by molar-refractivity contribution is -0.119. The molecule has 4 rings (SSSR count). The van der Waals surface area contributed by atoms with Gasteiger partial charge in [-0.25, -0.2) is 0 Å². The van der Waals surface area contributed by atoms with Crippen molar-refractivity contribution in [1.29, 1.82) is 0 Å². The largest absolute Gasteiger partial charge is 0.495 e. The average molecular weight is 308 g/mol. The van der Waals surface area contributed by atoms with Crippen LogP contribution in [0.1, 0.15) is 24.4 Å². The molecule has 0 unspecified atom stereocenters. The van der Waals surface area contributed by atoms with E-state index in [2.05, 4.69) is 4.90 Å². The molecule has 2 fully saturated rings. The fourth-order valence-corrected chi connectivity index (χ4v) is 3.85. The Balaban J connectivity index is 1.78. The maximum absolute atomic E-state index is 13.2. The smallest absolute Gasteiger partial charge is 0.250 e. The zero-order valence-corrected chi connectivity index (χ0v) is 13.2. The van der Waals surface area contributed by atoms with Crippen LogP contribution in [-0.2, 0) is 4.79 Å². The van der Waals surface area contributed by atoms with Crippen molar-refractivity contribution in [3.8, 4) is 5.75 Å². The summed E-state index contributed by atoms with van der Waals surface area (Å²) in [5.41, 5.74) is 1.94. The molecule has 23 heavy (non-hydrogen) atoms. The Bertz CT molecular complexity index is 716. The molecule has 0 bridgehead atoms. The number of amides is 1. The number of anilines is 1. The van der Waals surface area contributed by atoms with Gasteiger partial charge in [-0.2, -0.15) is 0 Å². The highest BCUT2D eigenvalue weighted by molar-refractivity contribution is 6.01. The molecule has 0 N–H and O–H groups in total. The van der Waals surface area contributed by atoms with Gasteiger partial charge >= 0.3 is 0 Å². The minimum absolute atomic E-state index is 0.129. The lowest BCUT2D eigenvalue weighted by atomic mass is 10.1. The standard InChI is InChI=1S/C19H20N2O2/c1-23-16-11-6-5-10-15(16)21-17-12-7-13-20(17)18(19(21)22)14-8-3-2-4-9-14/h2-6,8-11,17-18H,7,12-13H2,1H3/t17-,18+/m0/s1. The number of para-hydroxylation sites is 2. The Kier molecular flexibility index (Phi) is 3.54. The van der Waals surface area contributed by atoms with Gasteiger partial charge in [0, 0.05) is 6.54 Å². The number of carbonyl (C=O) groups is 1. The van der Waals surface area contributed by atoms with Crippen LogP contribution < -0.4 is 9.64 Å². The molecule has 2 heterocycles. The second-order valence-electron chi connectivity index (χ2n) is 6.05. The molecule has 1 amide bonds. The predicted molar refractivity (Wildman–Crippen MR) is 89.4 cm³/mol. The van der Waals surface area contributed by atoms with Gasteiger partial charge in [-0.05, 0) is 30.5 Å². The summed E-state index contributed by atoms with van der Waals surface area (Å²) < 4.78 is 5.48. The second kappa shape index (κ2) is 5.70. The fourth-order valence-electron chi connectivity index (χ4n) is 3.85. The first-order chi connectivity index (χ1) is 11.3. The van der Waals surface area contributed by atoms with Gasteiger partial charge in [0.2, 0.25) is 5.91 Å². The van der Waals surface area contributed by atoms with Crippen LogP contribution in [0.5, 0.6) is 5.75 Å². The summed E-state index contributed by atoms with van der Waals surface area (Å²) in [5.74, 6) is 0.895. The zero-order chi connectivity index (χ0) is 15.8. The number of hydrogen-bond donors (Lipinski definition) is 0. The minimum atomic E-state index is -0.186. The van der Waals surface area contributed by atoms with E-state index in [1.165, 1.54) is 0 Å². The lowest BCUT2D eigenvalue weighted by Crippen LogP contribution is -2.35. The molecular formula is C19H20N2O2. The molecular weight excluding hydrogens is 288 g/mol. The van der Waals surface area contributed by atoms with Crippen molar-refractivity contribution < 1.29 is 9.53 Å². The van der Waals surface area contributed by atoms with E-state index in [0.29, 0.717) is 0 Å². The fraction of sp³-hybridized carbons (Fsp3) is 0.316. The van der Waals surface area contributed by atoms with Crippen LogP contribution in [0.3, 0.4) is 0 Å². The summed E-state index contributed by atoms with van der Waals surface area (Å²) in [7, 11) is 1.65. The average Bonchev–Trinajstić information content (AvgIpc) is 3.15. The molecule has 0 aliphatic carbocycles. The van der Waals surface area contributed by atoms with Crippen molar-refractivity contribution in [3.63, 3.8) is 0 Å². The van der Waals surface area contributed by atoms with Gasteiger partial charge < -0.3 is 4.74 Å². The van der Waals surface area contributed by atoms with E-state index >= 15 is 0 Å². The number of ether oxygens (including phenoxy) is 1. The summed E-state index contributed by atoms with van der Waals surface area (Å²) in [4.78, 5) is 17.5. The van der Waals surface area contributed by atoms with Crippen LogP contribution >= 0.6 is 0 Å². The highest BCUT2D eigenvalue weighted by Crippen LogP contribution is 2.44. The summed E-state index contributed by atoms with van der Waals surface area (Å²) in [6, 6.07) is 17.7. The maximum atomic E-state index is 13.2. The molecule has 2 aromatic carbocycles. The highest BCUT2D eigenvalue weighted by atomic mass is 16.5. The minimum Gasteiger partial charge on any atom is -0.495 e. The van der Waals surface area contributed by atoms with Crippen molar-refractivity contribution in [1.82, 2.24) is 4.90 Å². The second-order valence-corrected chi connectivity index (χ2v) is 6.05. The Morgan fingerprint density at radius 1 is 1.04 bits per heavy atom. The van der Waals surface area contributed by atoms with Gasteiger partial charge in [0.1, 0.15) is 11.8 Å². The topological polar surface area (TPSA) is 32.8 Å². The highest BCUT2D eigenvalue weighted by Gasteiger charge is 2.49. The Labute approximate surface area is 136 Å². The third-order valence-electron chi connectivity index (χ3n) is 4.82. The summed E-state index contributed by atoms with van der Waals surface area (Å²) in [6.45, 7) is 0.960. The first kappa shape index (κ1) is 14.3. The molecule has 0 spiro atoms. The van der Waals surface area contributed by atoms with Crippen LogP contribution in [0, 0.1) is 0 Å². The maximum Gasteiger partial charge on any atom is 0.250 e. The first-order valence-electron chi connectivity index (χ1n) is 8.08. The predicted octanol–water partition coefficient (Wildman–Crippen LogP) is 3.21. The molecule has 0 aromatic heterocycles. The van der Waals surface area contributed by atoms with Gasteiger partial charge in [-0.3, -0.25) is 14.6 Å². The van der Waals surface area contributed by atoms with Crippen LogP contribution in [0.15, 0.2) is 54.6 Å². The van der Waals surface area contributed by atoms with E-state index in [0.717, 1.165) is 36.4 Å². The quantitative estimate of drug-likeness (QED) is 0.873. The summed E-state index contributed by atoms with van der Waals surface area (Å²) in [5, 5.41) is 0. The van der Waals surface area contributed by atoms with E-state index < -0.39 is 0 Å². The number of nitrogens with zero attached hydrogens (tertiary/aromatic N) is 2. The third kappa shape index (κ3) is 2.21. The molecule has 2 aliphatic heterocycles. The molecule has 4 heteroatoms. The number of carbonyl (C=O) groups excluding carboxylic acids is 1. The molecule has 4 nitrogen and oxygen atoms in total. The molecule has 0 radical (unpaired) electrons. The van der Waals surface area contributed by atoms with Gasteiger partial charge in [0.25, 0.3) is 0 Å². The number of hydrogen-bond acceptors (Lipinski definition) is 3. The van der Waals surface area contributed by atoms with E-state index in [9.17, 15) is 4.79 Å². The van der Waals surface area contributed by atoms with Gasteiger partial charge in [0.15, 0.2) is 0 Å². The van der Waals surface area contributed by atoms with Crippen LogP contribution in [0.25, 0.3) is 0 Å². The molecule has 2 aliphatic rings. The monoisotopic (exact) mass is 308 g/mol. The molecule has 118 valence electrons. The van der Waals surface area contributed by atoms with E-state index in [1.807, 2.05) is 59.5 Å². The molecule has 0 saturated carbocycles. The molecule has 2 saturated heterocycles. The van der Waals surface area contributed by atoms with E-state index in [1.54, 1.807) is 7.11 Å². The van der Waals surface area contributed by atoms with Gasteiger partial charge in [-0.15, -0.1) is 0 Å². The summed E-state index contributed by atoms with van der Waals surface area (Å²) >= 11 is 0. The SMILES string of the molecule is COc1ccccc1N1C(=O)[C@@H](c2ccccc2)N2CCC[C@H]12. The molecule has 2 aromatic rings. The number of benzene rings is 2. The van der Waals surface area contributed by atoms with Crippen LogP contribution in [0.2, 0.25) is 0 Å². The van der Waals surface area contributed by atoms with Gasteiger partial charge in [0.05, 0.1) is 19.0 Å². The Morgan fingerprint density at radius 2 is 1.78 bits per heavy atom.